The van der Waals surface area contributed by atoms with E-state index in [9.17, 15) is 18.0 Å². The smallest absolute Gasteiger partial charge is 0.264 e. The summed E-state index contributed by atoms with van der Waals surface area (Å²) in [7, 11) is -4.11. The number of para-hydroxylation sites is 1. The van der Waals surface area contributed by atoms with Crippen LogP contribution in [0.4, 0.5) is 5.69 Å². The molecule has 0 radical (unpaired) electrons. The molecule has 3 rings (SSSR count). The maximum absolute atomic E-state index is 14.1. The van der Waals surface area contributed by atoms with Crippen LogP contribution < -0.4 is 9.62 Å². The van der Waals surface area contributed by atoms with Crippen LogP contribution in [0.2, 0.25) is 5.02 Å². The molecule has 0 heterocycles. The summed E-state index contributed by atoms with van der Waals surface area (Å²) < 4.78 is 29.2. The van der Waals surface area contributed by atoms with Crippen LogP contribution in [0, 0.1) is 6.92 Å². The predicted molar refractivity (Wildman–Crippen MR) is 156 cm³/mol. The SMILES string of the molecule is CCNC(=O)[C@@H](CC)N(Cc1ccc(Cl)cc1)C(=O)CN(c1ccccc1CC)S(=O)(=O)c1ccc(C)cc1. The fourth-order valence-corrected chi connectivity index (χ4v) is 5.98. The minimum absolute atomic E-state index is 0.0897. The number of anilines is 1. The van der Waals surface area contributed by atoms with E-state index in [1.807, 2.05) is 39.8 Å². The van der Waals surface area contributed by atoms with Gasteiger partial charge in [0.2, 0.25) is 11.8 Å². The first-order valence-corrected chi connectivity index (χ1v) is 14.9. The fraction of sp³-hybridized carbons (Fsp3) is 0.333. The summed E-state index contributed by atoms with van der Waals surface area (Å²) in [4.78, 5) is 28.6. The van der Waals surface area contributed by atoms with Crippen LogP contribution in [0.15, 0.2) is 77.7 Å². The van der Waals surface area contributed by atoms with Crippen LogP contribution in [-0.4, -0.2) is 44.3 Å². The molecule has 1 N–H and O–H groups in total. The van der Waals surface area contributed by atoms with Crippen molar-refractivity contribution in [3.8, 4) is 0 Å². The Morgan fingerprint density at radius 1 is 0.923 bits per heavy atom. The van der Waals surface area contributed by atoms with Gasteiger partial charge in [0.25, 0.3) is 10.0 Å². The topological polar surface area (TPSA) is 86.8 Å². The Bertz CT molecular complexity index is 1380. The zero-order valence-corrected chi connectivity index (χ0v) is 24.4. The minimum Gasteiger partial charge on any atom is -0.355 e. The molecule has 9 heteroatoms. The van der Waals surface area contributed by atoms with E-state index in [4.69, 9.17) is 11.6 Å². The molecule has 0 aliphatic rings. The zero-order chi connectivity index (χ0) is 28.6. The van der Waals surface area contributed by atoms with Crippen LogP contribution in [0.5, 0.6) is 0 Å². The monoisotopic (exact) mass is 569 g/mol. The first kappa shape index (κ1) is 30.2. The molecular formula is C30H36ClN3O4S. The van der Waals surface area contributed by atoms with E-state index in [0.717, 1.165) is 21.0 Å². The van der Waals surface area contributed by atoms with Crippen molar-refractivity contribution in [2.24, 2.45) is 0 Å². The highest BCUT2D eigenvalue weighted by Gasteiger charge is 2.34. The fourth-order valence-electron chi connectivity index (χ4n) is 4.40. The number of amides is 2. The van der Waals surface area contributed by atoms with Crippen molar-refractivity contribution in [1.29, 1.82) is 0 Å². The standard InChI is InChI=1S/C30H36ClN3O4S/c1-5-24-10-8-9-11-28(24)34(39(37,38)26-18-12-22(4)13-19-26)21-29(35)33(27(6-2)30(36)32-7-3)20-23-14-16-25(31)17-15-23/h8-19,27H,5-7,20-21H2,1-4H3,(H,32,36)/t27-/m1/s1. The number of halogens is 1. The highest BCUT2D eigenvalue weighted by molar-refractivity contribution is 7.92. The molecule has 0 aliphatic heterocycles. The summed E-state index contributed by atoms with van der Waals surface area (Å²) >= 11 is 6.06. The van der Waals surface area contributed by atoms with E-state index >= 15 is 0 Å². The Kier molecular flexibility index (Phi) is 10.5. The van der Waals surface area contributed by atoms with Crippen molar-refractivity contribution >= 4 is 39.1 Å². The van der Waals surface area contributed by atoms with Gasteiger partial charge in [-0.2, -0.15) is 0 Å². The number of rotatable bonds is 12. The van der Waals surface area contributed by atoms with Gasteiger partial charge in [0, 0.05) is 18.1 Å². The average molecular weight is 570 g/mol. The second-order valence-electron chi connectivity index (χ2n) is 9.27. The summed E-state index contributed by atoms with van der Waals surface area (Å²) in [6.07, 6.45) is 0.941. The Labute approximate surface area is 236 Å². The summed E-state index contributed by atoms with van der Waals surface area (Å²) in [6.45, 7) is 7.53. The van der Waals surface area contributed by atoms with Gasteiger partial charge in [-0.15, -0.1) is 0 Å². The predicted octanol–water partition coefficient (Wildman–Crippen LogP) is 5.35. The number of nitrogens with zero attached hydrogens (tertiary/aromatic N) is 2. The summed E-state index contributed by atoms with van der Waals surface area (Å²) in [6, 6.07) is 20.0. The number of hydrogen-bond donors (Lipinski definition) is 1. The van der Waals surface area contributed by atoms with Crippen molar-refractivity contribution < 1.29 is 18.0 Å². The second kappa shape index (κ2) is 13.6. The summed E-state index contributed by atoms with van der Waals surface area (Å²) in [5, 5.41) is 3.36. The number of hydrogen-bond acceptors (Lipinski definition) is 4. The maximum atomic E-state index is 14.1. The molecule has 208 valence electrons. The average Bonchev–Trinajstić information content (AvgIpc) is 2.93. The molecule has 0 saturated heterocycles. The number of likely N-dealkylation sites (N-methyl/N-ethyl adjacent to an activating group) is 1. The molecule has 0 saturated carbocycles. The third-order valence-corrected chi connectivity index (χ3v) is 8.56. The molecule has 0 bridgehead atoms. The Morgan fingerprint density at radius 2 is 1.56 bits per heavy atom. The van der Waals surface area contributed by atoms with E-state index in [2.05, 4.69) is 5.32 Å². The quantitative estimate of drug-likeness (QED) is 0.318. The van der Waals surface area contributed by atoms with Crippen LogP contribution in [0.3, 0.4) is 0 Å². The lowest BCUT2D eigenvalue weighted by Gasteiger charge is -2.33. The van der Waals surface area contributed by atoms with Gasteiger partial charge < -0.3 is 10.2 Å². The molecule has 3 aromatic rings. The van der Waals surface area contributed by atoms with Crippen molar-refractivity contribution in [2.75, 3.05) is 17.4 Å². The van der Waals surface area contributed by atoms with E-state index in [-0.39, 0.29) is 17.3 Å². The minimum atomic E-state index is -4.11. The Hall–Kier alpha value is -3.36. The molecule has 0 aliphatic carbocycles. The van der Waals surface area contributed by atoms with E-state index in [1.54, 1.807) is 60.7 Å². The van der Waals surface area contributed by atoms with Crippen molar-refractivity contribution in [3.05, 3.63) is 94.5 Å². The lowest BCUT2D eigenvalue weighted by Crippen LogP contribution is -2.52. The number of nitrogens with one attached hydrogen (secondary N) is 1. The van der Waals surface area contributed by atoms with E-state index < -0.39 is 28.5 Å². The van der Waals surface area contributed by atoms with Gasteiger partial charge in [-0.1, -0.05) is 73.5 Å². The van der Waals surface area contributed by atoms with Gasteiger partial charge in [-0.05, 0) is 68.1 Å². The van der Waals surface area contributed by atoms with Crippen LogP contribution >= 0.6 is 11.6 Å². The molecular weight excluding hydrogens is 534 g/mol. The molecule has 3 aromatic carbocycles. The number of carbonyl (C=O) groups is 2. The third-order valence-electron chi connectivity index (χ3n) is 6.53. The first-order valence-electron chi connectivity index (χ1n) is 13.1. The number of aryl methyl sites for hydroxylation is 2. The molecule has 0 aromatic heterocycles. The first-order chi connectivity index (χ1) is 18.6. The van der Waals surface area contributed by atoms with Gasteiger partial charge in [-0.25, -0.2) is 8.42 Å². The number of benzene rings is 3. The van der Waals surface area contributed by atoms with E-state index in [1.165, 1.54) is 4.90 Å². The van der Waals surface area contributed by atoms with Gasteiger partial charge >= 0.3 is 0 Å². The highest BCUT2D eigenvalue weighted by atomic mass is 35.5. The van der Waals surface area contributed by atoms with Crippen LogP contribution in [-0.2, 0) is 32.6 Å². The van der Waals surface area contributed by atoms with Gasteiger partial charge in [0.05, 0.1) is 10.6 Å². The molecule has 0 spiro atoms. The van der Waals surface area contributed by atoms with Gasteiger partial charge in [0.1, 0.15) is 12.6 Å². The van der Waals surface area contributed by atoms with E-state index in [0.29, 0.717) is 30.1 Å². The van der Waals surface area contributed by atoms with Crippen molar-refractivity contribution in [1.82, 2.24) is 10.2 Å². The molecule has 2 amide bonds. The van der Waals surface area contributed by atoms with Gasteiger partial charge in [-0.3, -0.25) is 13.9 Å². The Balaban J connectivity index is 2.09. The van der Waals surface area contributed by atoms with Crippen molar-refractivity contribution in [2.45, 2.75) is 58.0 Å². The van der Waals surface area contributed by atoms with Crippen LogP contribution in [0.1, 0.15) is 43.9 Å². The summed E-state index contributed by atoms with van der Waals surface area (Å²) in [5.41, 5.74) is 2.93. The second-order valence-corrected chi connectivity index (χ2v) is 11.6. The summed E-state index contributed by atoms with van der Waals surface area (Å²) in [5.74, 6) is -0.770. The van der Waals surface area contributed by atoms with Gasteiger partial charge in [0.15, 0.2) is 0 Å². The molecule has 0 unspecified atom stereocenters. The largest absolute Gasteiger partial charge is 0.355 e. The number of sulfonamides is 1. The highest BCUT2D eigenvalue weighted by Crippen LogP contribution is 2.28. The Morgan fingerprint density at radius 3 is 2.15 bits per heavy atom. The lowest BCUT2D eigenvalue weighted by molar-refractivity contribution is -0.140. The maximum Gasteiger partial charge on any atom is 0.264 e. The molecule has 7 nitrogen and oxygen atoms in total. The molecule has 39 heavy (non-hydrogen) atoms. The molecule has 0 fully saturated rings. The van der Waals surface area contributed by atoms with Crippen LogP contribution in [0.25, 0.3) is 0 Å². The van der Waals surface area contributed by atoms with Crippen molar-refractivity contribution in [3.63, 3.8) is 0 Å². The lowest BCUT2D eigenvalue weighted by atomic mass is 10.1. The molecule has 1 atom stereocenters. The third kappa shape index (κ3) is 7.40. The number of carbonyl (C=O) groups excluding carboxylic acids is 2. The zero-order valence-electron chi connectivity index (χ0n) is 22.9. The normalized spacial score (nSPS) is 12.0.